The Morgan fingerprint density at radius 3 is 2.68 bits per heavy atom. The van der Waals surface area contributed by atoms with Crippen LogP contribution in [0, 0.1) is 19.8 Å². The third-order valence-corrected chi connectivity index (χ3v) is 6.63. The number of hydrogen-bond donors (Lipinski definition) is 1. The summed E-state index contributed by atoms with van der Waals surface area (Å²) in [6.45, 7) is 10.4. The van der Waals surface area contributed by atoms with Gasteiger partial charge in [-0.05, 0) is 68.5 Å². The van der Waals surface area contributed by atoms with Crippen LogP contribution in [0.15, 0.2) is 53.7 Å². The molecule has 4 heteroatoms. The van der Waals surface area contributed by atoms with E-state index in [1.54, 1.807) is 13.4 Å². The molecule has 31 heavy (non-hydrogen) atoms. The molecule has 0 amide bonds. The Morgan fingerprint density at radius 1 is 1.16 bits per heavy atom. The zero-order chi connectivity index (χ0) is 21.8. The number of nitrogens with zero attached hydrogens (tertiary/aromatic N) is 1. The van der Waals surface area contributed by atoms with Gasteiger partial charge in [-0.3, -0.25) is 0 Å². The van der Waals surface area contributed by atoms with Crippen LogP contribution in [0.25, 0.3) is 17.0 Å². The zero-order valence-electron chi connectivity index (χ0n) is 19.0. The van der Waals surface area contributed by atoms with Crippen molar-refractivity contribution in [1.82, 2.24) is 9.88 Å². The van der Waals surface area contributed by atoms with Crippen LogP contribution in [0.5, 0.6) is 5.75 Å². The first-order valence-electron chi connectivity index (χ1n) is 11.4. The number of benzene rings is 1. The summed E-state index contributed by atoms with van der Waals surface area (Å²) in [5.74, 6) is 2.53. The first kappa shape index (κ1) is 21.4. The number of ether oxygens (including phenoxy) is 1. The molecule has 1 fully saturated rings. The predicted molar refractivity (Wildman–Crippen MR) is 127 cm³/mol. The SMILES string of the molecule is C=C(NCc1ccco1)c1cc(-c2cc(OC)ccc2C)n(CC2CCCCC2)c1C. The third kappa shape index (κ3) is 4.73. The van der Waals surface area contributed by atoms with E-state index < -0.39 is 0 Å². The number of aromatic nitrogens is 1. The summed E-state index contributed by atoms with van der Waals surface area (Å²) in [6, 6.07) is 12.5. The average molecular weight is 419 g/mol. The van der Waals surface area contributed by atoms with Crippen LogP contribution in [0.1, 0.15) is 54.7 Å². The van der Waals surface area contributed by atoms with E-state index in [0.29, 0.717) is 6.54 Å². The maximum absolute atomic E-state index is 5.54. The van der Waals surface area contributed by atoms with Gasteiger partial charge in [0.05, 0.1) is 19.9 Å². The summed E-state index contributed by atoms with van der Waals surface area (Å²) in [7, 11) is 1.73. The Hall–Kier alpha value is -2.88. The fraction of sp³-hybridized carbons (Fsp3) is 0.407. The molecule has 0 saturated heterocycles. The van der Waals surface area contributed by atoms with Gasteiger partial charge in [0.15, 0.2) is 0 Å². The van der Waals surface area contributed by atoms with Gasteiger partial charge in [0.1, 0.15) is 11.5 Å². The van der Waals surface area contributed by atoms with Crippen molar-refractivity contribution in [1.29, 1.82) is 0 Å². The number of nitrogens with one attached hydrogen (secondary N) is 1. The molecule has 0 aliphatic heterocycles. The molecule has 2 heterocycles. The second kappa shape index (κ2) is 9.51. The number of hydrogen-bond acceptors (Lipinski definition) is 3. The maximum atomic E-state index is 5.54. The minimum atomic E-state index is 0.632. The molecule has 4 nitrogen and oxygen atoms in total. The number of furan rings is 1. The lowest BCUT2D eigenvalue weighted by Crippen LogP contribution is -2.16. The van der Waals surface area contributed by atoms with Crippen LogP contribution in [0.4, 0.5) is 0 Å². The second-order valence-corrected chi connectivity index (χ2v) is 8.74. The third-order valence-electron chi connectivity index (χ3n) is 6.63. The first-order chi connectivity index (χ1) is 15.1. The van der Waals surface area contributed by atoms with Crippen molar-refractivity contribution < 1.29 is 9.15 Å². The van der Waals surface area contributed by atoms with Crippen molar-refractivity contribution in [3.63, 3.8) is 0 Å². The van der Waals surface area contributed by atoms with Crippen LogP contribution < -0.4 is 10.1 Å². The molecule has 1 aliphatic carbocycles. The molecular formula is C27H34N2O2. The summed E-state index contributed by atoms with van der Waals surface area (Å²) in [5.41, 5.74) is 7.08. The molecule has 4 rings (SSSR count). The van der Waals surface area contributed by atoms with Crippen molar-refractivity contribution in [3.05, 3.63) is 71.8 Å². The number of methoxy groups -OCH3 is 1. The van der Waals surface area contributed by atoms with Crippen molar-refractivity contribution >= 4 is 5.70 Å². The topological polar surface area (TPSA) is 39.3 Å². The standard InChI is InChI=1S/C27H34N2O2/c1-19-12-13-23(30-4)15-25(19)27-16-26(20(2)28-17-24-11-8-14-31-24)21(3)29(27)18-22-9-6-5-7-10-22/h8,11-16,22,28H,2,5-7,9-10,17-18H2,1,3-4H3. The quantitative estimate of drug-likeness (QED) is 0.442. The van der Waals surface area contributed by atoms with Crippen LogP contribution in [0.3, 0.4) is 0 Å². The first-order valence-corrected chi connectivity index (χ1v) is 11.4. The molecule has 0 bridgehead atoms. The van der Waals surface area contributed by atoms with Gasteiger partial charge in [0, 0.05) is 34.8 Å². The van der Waals surface area contributed by atoms with Gasteiger partial charge in [-0.15, -0.1) is 0 Å². The summed E-state index contributed by atoms with van der Waals surface area (Å²) in [5, 5.41) is 3.45. The van der Waals surface area contributed by atoms with Gasteiger partial charge in [-0.2, -0.15) is 0 Å². The van der Waals surface area contributed by atoms with Gasteiger partial charge in [-0.25, -0.2) is 0 Å². The Labute approximate surface area is 185 Å². The number of rotatable bonds is 8. The molecule has 164 valence electrons. The Morgan fingerprint density at radius 2 is 1.97 bits per heavy atom. The highest BCUT2D eigenvalue weighted by molar-refractivity contribution is 5.74. The van der Waals surface area contributed by atoms with E-state index in [-0.39, 0.29) is 0 Å². The summed E-state index contributed by atoms with van der Waals surface area (Å²) >= 11 is 0. The Balaban J connectivity index is 1.69. The minimum Gasteiger partial charge on any atom is -0.497 e. The van der Waals surface area contributed by atoms with Gasteiger partial charge < -0.3 is 19.0 Å². The fourth-order valence-electron chi connectivity index (χ4n) is 4.74. The molecule has 1 N–H and O–H groups in total. The summed E-state index contributed by atoms with van der Waals surface area (Å²) in [4.78, 5) is 0. The van der Waals surface area contributed by atoms with E-state index in [9.17, 15) is 0 Å². The van der Waals surface area contributed by atoms with E-state index in [1.165, 1.54) is 60.2 Å². The van der Waals surface area contributed by atoms with Crippen molar-refractivity contribution in [2.75, 3.05) is 7.11 Å². The average Bonchev–Trinajstić information content (AvgIpc) is 3.42. The van der Waals surface area contributed by atoms with Gasteiger partial charge >= 0.3 is 0 Å². The van der Waals surface area contributed by atoms with Crippen LogP contribution in [0.2, 0.25) is 0 Å². The van der Waals surface area contributed by atoms with Gasteiger partial charge in [0.2, 0.25) is 0 Å². The molecule has 1 aliphatic rings. The Bertz CT molecular complexity index is 1020. The molecule has 0 radical (unpaired) electrons. The second-order valence-electron chi connectivity index (χ2n) is 8.74. The predicted octanol–water partition coefficient (Wildman–Crippen LogP) is 6.71. The van der Waals surface area contributed by atoms with Gasteiger partial charge in [-0.1, -0.05) is 31.9 Å². The van der Waals surface area contributed by atoms with Crippen molar-refractivity contribution in [3.8, 4) is 17.0 Å². The normalized spacial score (nSPS) is 14.5. The number of aryl methyl sites for hydroxylation is 1. The van der Waals surface area contributed by atoms with E-state index in [4.69, 9.17) is 9.15 Å². The summed E-state index contributed by atoms with van der Waals surface area (Å²) in [6.07, 6.45) is 8.42. The summed E-state index contributed by atoms with van der Waals surface area (Å²) < 4.78 is 13.5. The molecule has 0 unspecified atom stereocenters. The van der Waals surface area contributed by atoms with Crippen LogP contribution >= 0.6 is 0 Å². The van der Waals surface area contributed by atoms with Crippen molar-refractivity contribution in [2.24, 2.45) is 5.92 Å². The maximum Gasteiger partial charge on any atom is 0.122 e. The van der Waals surface area contributed by atoms with Crippen molar-refractivity contribution in [2.45, 2.75) is 59.0 Å². The highest BCUT2D eigenvalue weighted by atomic mass is 16.5. The van der Waals surface area contributed by atoms with Crippen LogP contribution in [-0.2, 0) is 13.1 Å². The minimum absolute atomic E-state index is 0.632. The smallest absolute Gasteiger partial charge is 0.122 e. The molecule has 1 saturated carbocycles. The molecule has 0 spiro atoms. The molecule has 1 aromatic carbocycles. The highest BCUT2D eigenvalue weighted by Gasteiger charge is 2.21. The molecule has 2 aromatic heterocycles. The highest BCUT2D eigenvalue weighted by Crippen LogP contribution is 2.35. The monoisotopic (exact) mass is 418 g/mol. The van der Waals surface area contributed by atoms with E-state index in [0.717, 1.165) is 29.7 Å². The molecular weight excluding hydrogens is 384 g/mol. The lowest BCUT2D eigenvalue weighted by Gasteiger charge is -2.25. The van der Waals surface area contributed by atoms with Gasteiger partial charge in [0.25, 0.3) is 0 Å². The largest absolute Gasteiger partial charge is 0.497 e. The molecule has 3 aromatic rings. The van der Waals surface area contributed by atoms with E-state index in [2.05, 4.69) is 48.5 Å². The fourth-order valence-corrected chi connectivity index (χ4v) is 4.74. The molecule has 0 atom stereocenters. The lowest BCUT2D eigenvalue weighted by molar-refractivity contribution is 0.319. The lowest BCUT2D eigenvalue weighted by atomic mass is 9.89. The Kier molecular flexibility index (Phi) is 6.55. The van der Waals surface area contributed by atoms with E-state index >= 15 is 0 Å². The van der Waals surface area contributed by atoms with Crippen LogP contribution in [-0.4, -0.2) is 11.7 Å². The zero-order valence-corrected chi connectivity index (χ0v) is 19.0. The van der Waals surface area contributed by atoms with E-state index in [1.807, 2.05) is 18.2 Å².